The number of hydrogen-bond donors (Lipinski definition) is 2. The van der Waals surface area contributed by atoms with Gasteiger partial charge in [0.1, 0.15) is 0 Å². The minimum absolute atomic E-state index is 0.193. The second-order valence-electron chi connectivity index (χ2n) is 8.28. The quantitative estimate of drug-likeness (QED) is 0.746. The lowest BCUT2D eigenvalue weighted by molar-refractivity contribution is -0.142. The molecule has 0 radical (unpaired) electrons. The van der Waals surface area contributed by atoms with Gasteiger partial charge in [-0.25, -0.2) is 13.1 Å². The minimum Gasteiger partial charge on any atom is -0.311 e. The summed E-state index contributed by atoms with van der Waals surface area (Å²) in [5.74, 6) is 0. The number of fused-ring (bicyclic) bond motifs is 2. The topological polar surface area (TPSA) is 76.0 Å². The van der Waals surface area contributed by atoms with Gasteiger partial charge in [-0.05, 0) is 56.3 Å². The van der Waals surface area contributed by atoms with Gasteiger partial charge in [-0.2, -0.15) is 18.3 Å². The first kappa shape index (κ1) is 21.3. The third-order valence-corrected chi connectivity index (χ3v) is 7.67. The Labute approximate surface area is 173 Å². The standard InChI is InChI=1S/C20H25F3N4O2S/c1-12(2)30(28,29)26-16-8-14-4-3-13(7-15(14)9-16)11-27-18-10-24-6-5-17(18)19(25-27)20(21,22)23/h3-4,7,12,16,24,26H,5-6,8-11H2,1-2H3. The Balaban J connectivity index is 1.55. The van der Waals surface area contributed by atoms with Crippen LogP contribution in [0.25, 0.3) is 0 Å². The Morgan fingerprint density at radius 3 is 2.70 bits per heavy atom. The Bertz CT molecular complexity index is 1060. The molecule has 1 aliphatic heterocycles. The summed E-state index contributed by atoms with van der Waals surface area (Å²) in [6, 6.07) is 5.58. The predicted octanol–water partition coefficient (Wildman–Crippen LogP) is 2.39. The van der Waals surface area contributed by atoms with Crippen LogP contribution in [0, 0.1) is 0 Å². The number of nitrogens with zero attached hydrogens (tertiary/aromatic N) is 2. The van der Waals surface area contributed by atoms with Gasteiger partial charge in [-0.1, -0.05) is 18.2 Å². The highest BCUT2D eigenvalue weighted by Crippen LogP contribution is 2.34. The molecule has 0 fully saturated rings. The molecule has 2 aliphatic rings. The van der Waals surface area contributed by atoms with Crippen molar-refractivity contribution in [2.24, 2.45) is 0 Å². The second kappa shape index (κ2) is 7.65. The van der Waals surface area contributed by atoms with Gasteiger partial charge in [-0.15, -0.1) is 0 Å². The highest BCUT2D eigenvalue weighted by atomic mass is 32.2. The van der Waals surface area contributed by atoms with Crippen molar-refractivity contribution >= 4 is 10.0 Å². The summed E-state index contributed by atoms with van der Waals surface area (Å²) >= 11 is 0. The molecule has 2 aromatic rings. The molecule has 2 N–H and O–H groups in total. The normalized spacial score (nSPS) is 19.2. The fourth-order valence-electron chi connectivity index (χ4n) is 4.17. The minimum atomic E-state index is -4.47. The predicted molar refractivity (Wildman–Crippen MR) is 107 cm³/mol. The Morgan fingerprint density at radius 2 is 2.00 bits per heavy atom. The fraction of sp³-hybridized carbons (Fsp3) is 0.550. The summed E-state index contributed by atoms with van der Waals surface area (Å²) in [7, 11) is -3.36. The van der Waals surface area contributed by atoms with E-state index in [0.717, 1.165) is 16.7 Å². The van der Waals surface area contributed by atoms with Crippen LogP contribution < -0.4 is 10.0 Å². The van der Waals surface area contributed by atoms with Crippen molar-refractivity contribution in [3.8, 4) is 0 Å². The van der Waals surface area contributed by atoms with E-state index in [2.05, 4.69) is 15.1 Å². The molecule has 0 amide bonds. The number of benzene rings is 1. The summed E-state index contributed by atoms with van der Waals surface area (Å²) in [5, 5.41) is 6.51. The number of alkyl halides is 3. The molecular weight excluding hydrogens is 417 g/mol. The van der Waals surface area contributed by atoms with Crippen LogP contribution in [0.2, 0.25) is 0 Å². The van der Waals surface area contributed by atoms with E-state index in [1.807, 2.05) is 18.2 Å². The fourth-order valence-corrected chi connectivity index (χ4v) is 5.07. The lowest BCUT2D eigenvalue weighted by atomic mass is 10.0. The second-order valence-corrected chi connectivity index (χ2v) is 10.5. The van der Waals surface area contributed by atoms with Gasteiger partial charge in [0.05, 0.1) is 17.5 Å². The molecule has 0 bridgehead atoms. The van der Waals surface area contributed by atoms with E-state index in [1.165, 1.54) is 4.68 Å². The van der Waals surface area contributed by atoms with Gasteiger partial charge in [0.25, 0.3) is 0 Å². The summed E-state index contributed by atoms with van der Waals surface area (Å²) in [4.78, 5) is 0. The summed E-state index contributed by atoms with van der Waals surface area (Å²) in [6.07, 6.45) is -2.97. The van der Waals surface area contributed by atoms with Crippen LogP contribution >= 0.6 is 0 Å². The molecular formula is C20H25F3N4O2S. The third kappa shape index (κ3) is 4.13. The Hall–Kier alpha value is -1.91. The Morgan fingerprint density at radius 1 is 1.27 bits per heavy atom. The van der Waals surface area contributed by atoms with Crippen molar-refractivity contribution in [2.45, 2.75) is 63.7 Å². The zero-order valence-corrected chi connectivity index (χ0v) is 17.7. The van der Waals surface area contributed by atoms with Crippen molar-refractivity contribution in [1.29, 1.82) is 0 Å². The maximum Gasteiger partial charge on any atom is 0.435 e. The van der Waals surface area contributed by atoms with Crippen LogP contribution in [0.4, 0.5) is 13.2 Å². The van der Waals surface area contributed by atoms with Crippen LogP contribution in [-0.2, 0) is 48.6 Å². The molecule has 164 valence electrons. The lowest BCUT2D eigenvalue weighted by Crippen LogP contribution is -2.39. The van der Waals surface area contributed by atoms with E-state index in [4.69, 9.17) is 0 Å². The molecule has 0 saturated heterocycles. The van der Waals surface area contributed by atoms with Crippen molar-refractivity contribution in [3.63, 3.8) is 0 Å². The van der Waals surface area contributed by atoms with Gasteiger partial charge >= 0.3 is 6.18 Å². The average molecular weight is 443 g/mol. The van der Waals surface area contributed by atoms with E-state index in [0.29, 0.717) is 38.0 Å². The van der Waals surface area contributed by atoms with E-state index in [1.54, 1.807) is 13.8 Å². The molecule has 1 atom stereocenters. The van der Waals surface area contributed by atoms with E-state index >= 15 is 0 Å². The van der Waals surface area contributed by atoms with Crippen molar-refractivity contribution in [2.75, 3.05) is 6.54 Å². The average Bonchev–Trinajstić information content (AvgIpc) is 3.22. The number of rotatable bonds is 5. The molecule has 1 aromatic carbocycles. The van der Waals surface area contributed by atoms with Crippen molar-refractivity contribution in [1.82, 2.24) is 19.8 Å². The monoisotopic (exact) mass is 442 g/mol. The van der Waals surface area contributed by atoms with Crippen LogP contribution in [0.3, 0.4) is 0 Å². The first-order valence-corrected chi connectivity index (χ1v) is 11.6. The molecule has 6 nitrogen and oxygen atoms in total. The molecule has 30 heavy (non-hydrogen) atoms. The summed E-state index contributed by atoms with van der Waals surface area (Å²) < 4.78 is 68.7. The lowest BCUT2D eigenvalue weighted by Gasteiger charge is -2.16. The molecule has 1 unspecified atom stereocenters. The molecule has 4 rings (SSSR count). The SMILES string of the molecule is CC(C)S(=O)(=O)NC1Cc2ccc(Cn3nc(C(F)(F)F)c4c3CNCC4)cc2C1. The zero-order valence-electron chi connectivity index (χ0n) is 16.9. The van der Waals surface area contributed by atoms with Crippen molar-refractivity contribution < 1.29 is 21.6 Å². The maximum absolute atomic E-state index is 13.4. The van der Waals surface area contributed by atoms with E-state index < -0.39 is 27.1 Å². The first-order chi connectivity index (χ1) is 14.0. The molecule has 1 aliphatic carbocycles. The zero-order chi connectivity index (χ0) is 21.7. The molecule has 1 aromatic heterocycles. The maximum atomic E-state index is 13.4. The highest BCUT2D eigenvalue weighted by Gasteiger charge is 2.39. The van der Waals surface area contributed by atoms with Gasteiger partial charge < -0.3 is 5.32 Å². The number of hydrogen-bond acceptors (Lipinski definition) is 4. The van der Waals surface area contributed by atoms with Gasteiger partial charge in [0, 0.05) is 18.2 Å². The first-order valence-electron chi connectivity index (χ1n) is 10.0. The van der Waals surface area contributed by atoms with E-state index in [-0.39, 0.29) is 18.2 Å². The van der Waals surface area contributed by atoms with E-state index in [9.17, 15) is 21.6 Å². The van der Waals surface area contributed by atoms with Gasteiger partial charge in [0.2, 0.25) is 10.0 Å². The molecule has 0 spiro atoms. The van der Waals surface area contributed by atoms with Crippen molar-refractivity contribution in [3.05, 3.63) is 51.8 Å². The number of aromatic nitrogens is 2. The van der Waals surface area contributed by atoms with Crippen LogP contribution in [0.15, 0.2) is 18.2 Å². The highest BCUT2D eigenvalue weighted by molar-refractivity contribution is 7.90. The Kier molecular flexibility index (Phi) is 5.44. The summed E-state index contributed by atoms with van der Waals surface area (Å²) in [6.45, 7) is 4.39. The molecule has 2 heterocycles. The third-order valence-electron chi connectivity index (χ3n) is 5.77. The van der Waals surface area contributed by atoms with Crippen LogP contribution in [-0.4, -0.2) is 36.0 Å². The smallest absolute Gasteiger partial charge is 0.311 e. The van der Waals surface area contributed by atoms with Gasteiger partial charge in [0.15, 0.2) is 5.69 Å². The molecule has 0 saturated carbocycles. The number of sulfonamides is 1. The summed E-state index contributed by atoms with van der Waals surface area (Å²) in [5.41, 5.74) is 3.02. The number of halogens is 3. The van der Waals surface area contributed by atoms with Crippen LogP contribution in [0.5, 0.6) is 0 Å². The van der Waals surface area contributed by atoms with Crippen LogP contribution in [0.1, 0.15) is 47.5 Å². The van der Waals surface area contributed by atoms with Gasteiger partial charge in [-0.3, -0.25) is 4.68 Å². The largest absolute Gasteiger partial charge is 0.435 e. The molecule has 10 heteroatoms. The number of nitrogens with one attached hydrogen (secondary N) is 2.